The molecule has 0 atom stereocenters. The van der Waals surface area contributed by atoms with E-state index in [1.54, 1.807) is 0 Å². The SMILES string of the molecule is COC(=O)c1ccc(S(=O)(=O)N=Cc2c(C)ccc3ccccc23)cc1. The van der Waals surface area contributed by atoms with Crippen LogP contribution in [0.15, 0.2) is 70.0 Å². The zero-order valence-electron chi connectivity index (χ0n) is 14.3. The Morgan fingerprint density at radius 1 is 1.00 bits per heavy atom. The highest BCUT2D eigenvalue weighted by molar-refractivity contribution is 7.90. The van der Waals surface area contributed by atoms with Crippen molar-refractivity contribution in [3.63, 3.8) is 0 Å². The molecule has 0 heterocycles. The lowest BCUT2D eigenvalue weighted by Gasteiger charge is -2.06. The third-order valence-electron chi connectivity index (χ3n) is 4.08. The van der Waals surface area contributed by atoms with E-state index in [0.717, 1.165) is 21.9 Å². The van der Waals surface area contributed by atoms with E-state index in [-0.39, 0.29) is 10.5 Å². The van der Waals surface area contributed by atoms with Gasteiger partial charge in [0.2, 0.25) is 0 Å². The number of fused-ring (bicyclic) bond motifs is 1. The molecule has 0 bridgehead atoms. The third kappa shape index (κ3) is 3.50. The molecule has 5 nitrogen and oxygen atoms in total. The normalized spacial score (nSPS) is 11.8. The van der Waals surface area contributed by atoms with Gasteiger partial charge in [0.25, 0.3) is 10.0 Å². The minimum atomic E-state index is -3.88. The van der Waals surface area contributed by atoms with Gasteiger partial charge in [-0.2, -0.15) is 12.8 Å². The molecule has 0 saturated heterocycles. The van der Waals surface area contributed by atoms with Crippen LogP contribution in [0.1, 0.15) is 21.5 Å². The van der Waals surface area contributed by atoms with Crippen LogP contribution in [0.25, 0.3) is 10.8 Å². The van der Waals surface area contributed by atoms with Crippen molar-refractivity contribution in [1.82, 2.24) is 0 Å². The van der Waals surface area contributed by atoms with Crippen LogP contribution in [-0.4, -0.2) is 27.7 Å². The molecule has 26 heavy (non-hydrogen) atoms. The summed E-state index contributed by atoms with van der Waals surface area (Å²) in [4.78, 5) is 11.5. The molecule has 0 unspecified atom stereocenters. The predicted octanol–water partition coefficient (Wildman–Crippen LogP) is 3.74. The first-order valence-corrected chi connectivity index (χ1v) is 9.33. The van der Waals surface area contributed by atoms with Crippen LogP contribution in [0.2, 0.25) is 0 Å². The van der Waals surface area contributed by atoms with Gasteiger partial charge in [-0.25, -0.2) is 4.79 Å². The molecule has 0 aromatic heterocycles. The Bertz CT molecular complexity index is 1100. The molecule has 0 spiro atoms. The first-order chi connectivity index (χ1) is 12.4. The maximum absolute atomic E-state index is 12.5. The minimum absolute atomic E-state index is 0.0132. The van der Waals surface area contributed by atoms with E-state index >= 15 is 0 Å². The molecule has 0 aliphatic rings. The molecule has 0 radical (unpaired) electrons. The van der Waals surface area contributed by atoms with Gasteiger partial charge >= 0.3 is 5.97 Å². The summed E-state index contributed by atoms with van der Waals surface area (Å²) in [6.07, 6.45) is 1.38. The summed E-state index contributed by atoms with van der Waals surface area (Å²) in [5.74, 6) is -0.524. The average Bonchev–Trinajstić information content (AvgIpc) is 2.66. The summed E-state index contributed by atoms with van der Waals surface area (Å²) in [6.45, 7) is 1.91. The molecule has 3 aromatic carbocycles. The van der Waals surface area contributed by atoms with Gasteiger partial charge in [-0.05, 0) is 47.5 Å². The number of hydrogen-bond donors (Lipinski definition) is 0. The second-order valence-electron chi connectivity index (χ2n) is 5.74. The van der Waals surface area contributed by atoms with Gasteiger partial charge in [0.15, 0.2) is 0 Å². The first-order valence-electron chi connectivity index (χ1n) is 7.89. The predicted molar refractivity (Wildman–Crippen MR) is 101 cm³/mol. The Hall–Kier alpha value is -2.99. The Morgan fingerprint density at radius 3 is 2.38 bits per heavy atom. The van der Waals surface area contributed by atoms with Crippen LogP contribution < -0.4 is 0 Å². The number of sulfonamides is 1. The lowest BCUT2D eigenvalue weighted by atomic mass is 10.0. The number of carbonyl (C=O) groups excluding carboxylic acids is 1. The van der Waals surface area contributed by atoms with Crippen LogP contribution in [-0.2, 0) is 14.8 Å². The average molecular weight is 367 g/mol. The number of hydrogen-bond acceptors (Lipinski definition) is 4. The van der Waals surface area contributed by atoms with E-state index in [4.69, 9.17) is 0 Å². The van der Waals surface area contributed by atoms with Crippen molar-refractivity contribution in [3.05, 3.63) is 77.4 Å². The highest BCUT2D eigenvalue weighted by atomic mass is 32.2. The maximum Gasteiger partial charge on any atom is 0.337 e. The van der Waals surface area contributed by atoms with E-state index < -0.39 is 16.0 Å². The summed E-state index contributed by atoms with van der Waals surface area (Å²) in [6, 6.07) is 17.1. The lowest BCUT2D eigenvalue weighted by molar-refractivity contribution is 0.0600. The van der Waals surface area contributed by atoms with E-state index in [2.05, 4.69) is 9.13 Å². The van der Waals surface area contributed by atoms with Crippen molar-refractivity contribution in [3.8, 4) is 0 Å². The largest absolute Gasteiger partial charge is 0.465 e. The highest BCUT2D eigenvalue weighted by Gasteiger charge is 2.14. The molecule has 0 N–H and O–H groups in total. The van der Waals surface area contributed by atoms with E-state index in [1.807, 2.05) is 43.3 Å². The van der Waals surface area contributed by atoms with Crippen LogP contribution >= 0.6 is 0 Å². The van der Waals surface area contributed by atoms with Crippen LogP contribution in [0.5, 0.6) is 0 Å². The third-order valence-corrected chi connectivity index (χ3v) is 5.33. The number of methoxy groups -OCH3 is 1. The lowest BCUT2D eigenvalue weighted by Crippen LogP contribution is -2.03. The number of benzene rings is 3. The van der Waals surface area contributed by atoms with E-state index in [9.17, 15) is 13.2 Å². The van der Waals surface area contributed by atoms with Gasteiger partial charge in [-0.15, -0.1) is 0 Å². The Balaban J connectivity index is 1.97. The summed E-state index contributed by atoms with van der Waals surface area (Å²) >= 11 is 0. The van der Waals surface area contributed by atoms with Crippen molar-refractivity contribution in [1.29, 1.82) is 0 Å². The number of nitrogens with zero attached hydrogens (tertiary/aromatic N) is 1. The standard InChI is InChI=1S/C20H17NO4S/c1-14-7-8-15-5-3-4-6-18(15)19(14)13-21-26(23,24)17-11-9-16(10-12-17)20(22)25-2/h3-13H,1-2H3. The summed E-state index contributed by atoms with van der Waals surface area (Å²) in [5.41, 5.74) is 1.97. The molecule has 0 aliphatic heterocycles. The van der Waals surface area contributed by atoms with Crippen LogP contribution in [0.3, 0.4) is 0 Å². The minimum Gasteiger partial charge on any atom is -0.465 e. The molecular formula is C20H17NO4S. The number of esters is 1. The van der Waals surface area contributed by atoms with E-state index in [0.29, 0.717) is 0 Å². The Kier molecular flexibility index (Phi) is 4.86. The van der Waals surface area contributed by atoms with Crippen molar-refractivity contribution in [2.75, 3.05) is 7.11 Å². The van der Waals surface area contributed by atoms with Gasteiger partial charge < -0.3 is 4.74 Å². The summed E-state index contributed by atoms with van der Waals surface area (Å²) in [7, 11) is -2.61. The quantitative estimate of drug-likeness (QED) is 0.520. The molecule has 3 aromatic rings. The van der Waals surface area contributed by atoms with Gasteiger partial charge in [-0.3, -0.25) is 0 Å². The molecule has 0 saturated carbocycles. The number of ether oxygens (including phenoxy) is 1. The van der Waals surface area contributed by atoms with Crippen molar-refractivity contribution in [2.24, 2.45) is 4.40 Å². The number of aryl methyl sites for hydroxylation is 1. The Morgan fingerprint density at radius 2 is 1.69 bits per heavy atom. The molecule has 132 valence electrons. The molecule has 0 aliphatic carbocycles. The molecular weight excluding hydrogens is 350 g/mol. The zero-order chi connectivity index (χ0) is 18.7. The topological polar surface area (TPSA) is 72.8 Å². The monoisotopic (exact) mass is 367 g/mol. The van der Waals surface area contributed by atoms with E-state index in [1.165, 1.54) is 37.6 Å². The zero-order valence-corrected chi connectivity index (χ0v) is 15.2. The second-order valence-corrected chi connectivity index (χ2v) is 7.38. The van der Waals surface area contributed by atoms with Crippen molar-refractivity contribution >= 4 is 33.0 Å². The van der Waals surface area contributed by atoms with Gasteiger partial charge in [0.1, 0.15) is 0 Å². The molecule has 3 rings (SSSR count). The molecule has 0 amide bonds. The molecule has 6 heteroatoms. The fourth-order valence-corrected chi connectivity index (χ4v) is 3.49. The fourth-order valence-electron chi connectivity index (χ4n) is 2.64. The number of rotatable bonds is 4. The highest BCUT2D eigenvalue weighted by Crippen LogP contribution is 2.21. The smallest absolute Gasteiger partial charge is 0.337 e. The van der Waals surface area contributed by atoms with Gasteiger partial charge in [0.05, 0.1) is 17.6 Å². The second kappa shape index (κ2) is 7.09. The number of carbonyl (C=O) groups is 1. The fraction of sp³-hybridized carbons (Fsp3) is 0.100. The summed E-state index contributed by atoms with van der Waals surface area (Å²) < 4.78 is 33.4. The van der Waals surface area contributed by atoms with Crippen molar-refractivity contribution < 1.29 is 17.9 Å². The Labute approximate surface area is 152 Å². The van der Waals surface area contributed by atoms with Gasteiger partial charge in [0, 0.05) is 11.8 Å². The first kappa shape index (κ1) is 17.8. The van der Waals surface area contributed by atoms with Crippen LogP contribution in [0.4, 0.5) is 0 Å². The van der Waals surface area contributed by atoms with Crippen molar-refractivity contribution in [2.45, 2.75) is 11.8 Å². The van der Waals surface area contributed by atoms with Gasteiger partial charge in [-0.1, -0.05) is 36.4 Å². The molecule has 0 fully saturated rings. The van der Waals surface area contributed by atoms with Crippen LogP contribution in [0, 0.1) is 6.92 Å². The summed E-state index contributed by atoms with van der Waals surface area (Å²) in [5, 5.41) is 1.95. The maximum atomic E-state index is 12.5.